The summed E-state index contributed by atoms with van der Waals surface area (Å²) in [6.07, 6.45) is 0.713. The van der Waals surface area contributed by atoms with Gasteiger partial charge in [0.2, 0.25) is 5.91 Å². The van der Waals surface area contributed by atoms with Gasteiger partial charge in [-0.2, -0.15) is 0 Å². The summed E-state index contributed by atoms with van der Waals surface area (Å²) in [5.41, 5.74) is -0.556. The molecule has 1 heterocycles. The fourth-order valence-corrected chi connectivity index (χ4v) is 2.23. The molecule has 3 amide bonds. The molecule has 23 heavy (non-hydrogen) atoms. The summed E-state index contributed by atoms with van der Waals surface area (Å²) in [6.45, 7) is 6.68. The van der Waals surface area contributed by atoms with Crippen LogP contribution in [0.5, 0.6) is 0 Å². The molecule has 0 radical (unpaired) electrons. The van der Waals surface area contributed by atoms with Crippen molar-refractivity contribution >= 4 is 18.1 Å². The van der Waals surface area contributed by atoms with Crippen molar-refractivity contribution in [2.75, 3.05) is 26.7 Å². The van der Waals surface area contributed by atoms with Gasteiger partial charge < -0.3 is 25.0 Å². The van der Waals surface area contributed by atoms with E-state index in [1.54, 1.807) is 25.7 Å². The standard InChI is InChI=1S/C15H27N3O5/c1-15(2,3)23-13(20)16-8-5-12(19)17-11-6-9-18(10-7-11)14(21)22-4/h11H,5-10H2,1-4H3,(H,16,20)(H,17,19). The average molecular weight is 329 g/mol. The van der Waals surface area contributed by atoms with E-state index in [2.05, 4.69) is 15.4 Å². The second kappa shape index (κ2) is 8.59. The highest BCUT2D eigenvalue weighted by atomic mass is 16.6. The molecule has 0 aromatic carbocycles. The van der Waals surface area contributed by atoms with Gasteiger partial charge in [0, 0.05) is 32.1 Å². The fourth-order valence-electron chi connectivity index (χ4n) is 2.23. The van der Waals surface area contributed by atoms with Crippen LogP contribution in [0, 0.1) is 0 Å². The van der Waals surface area contributed by atoms with Crippen molar-refractivity contribution in [2.45, 2.75) is 51.7 Å². The number of nitrogens with one attached hydrogen (secondary N) is 2. The van der Waals surface area contributed by atoms with Crippen molar-refractivity contribution in [1.29, 1.82) is 0 Å². The van der Waals surface area contributed by atoms with Crippen LogP contribution < -0.4 is 10.6 Å². The number of alkyl carbamates (subject to hydrolysis) is 1. The highest BCUT2D eigenvalue weighted by Gasteiger charge is 2.24. The molecule has 2 N–H and O–H groups in total. The molecule has 0 aromatic rings. The van der Waals surface area contributed by atoms with Crippen LogP contribution in [0.2, 0.25) is 0 Å². The molecule has 8 heteroatoms. The summed E-state index contributed by atoms with van der Waals surface area (Å²) in [6, 6.07) is 0.0462. The summed E-state index contributed by atoms with van der Waals surface area (Å²) in [4.78, 5) is 36.3. The van der Waals surface area contributed by atoms with E-state index >= 15 is 0 Å². The third-order valence-corrected chi connectivity index (χ3v) is 3.31. The Labute approximate surface area is 136 Å². The summed E-state index contributed by atoms with van der Waals surface area (Å²) in [5.74, 6) is -0.127. The van der Waals surface area contributed by atoms with Crippen LogP contribution in [-0.2, 0) is 14.3 Å². The maximum atomic E-state index is 11.8. The third-order valence-electron chi connectivity index (χ3n) is 3.31. The lowest BCUT2D eigenvalue weighted by atomic mass is 10.1. The normalized spacial score (nSPS) is 15.7. The predicted molar refractivity (Wildman–Crippen MR) is 84.0 cm³/mol. The van der Waals surface area contributed by atoms with E-state index in [4.69, 9.17) is 4.74 Å². The van der Waals surface area contributed by atoms with Crippen molar-refractivity contribution in [1.82, 2.24) is 15.5 Å². The minimum absolute atomic E-state index is 0.0462. The number of amides is 3. The van der Waals surface area contributed by atoms with Gasteiger partial charge in [0.1, 0.15) is 5.60 Å². The zero-order valence-electron chi connectivity index (χ0n) is 14.3. The molecule has 0 aliphatic carbocycles. The van der Waals surface area contributed by atoms with E-state index in [1.165, 1.54) is 7.11 Å². The number of piperidine rings is 1. The van der Waals surface area contributed by atoms with Gasteiger partial charge in [-0.15, -0.1) is 0 Å². The Balaban J connectivity index is 2.18. The smallest absolute Gasteiger partial charge is 0.409 e. The maximum absolute atomic E-state index is 11.8. The number of hydrogen-bond acceptors (Lipinski definition) is 5. The van der Waals surface area contributed by atoms with Crippen molar-refractivity contribution < 1.29 is 23.9 Å². The Morgan fingerprint density at radius 1 is 1.17 bits per heavy atom. The Bertz CT molecular complexity index is 425. The first-order valence-corrected chi connectivity index (χ1v) is 7.80. The van der Waals surface area contributed by atoms with Gasteiger partial charge in [-0.25, -0.2) is 9.59 Å². The molecule has 132 valence electrons. The number of hydrogen-bond donors (Lipinski definition) is 2. The third kappa shape index (κ3) is 7.71. The molecule has 0 saturated carbocycles. The largest absolute Gasteiger partial charge is 0.453 e. The Kier molecular flexibility index (Phi) is 7.12. The van der Waals surface area contributed by atoms with Crippen LogP contribution in [0.4, 0.5) is 9.59 Å². The number of carbonyl (C=O) groups is 3. The number of carbonyl (C=O) groups excluding carboxylic acids is 3. The van der Waals surface area contributed by atoms with E-state index in [-0.39, 0.29) is 31.0 Å². The van der Waals surface area contributed by atoms with Gasteiger partial charge in [0.25, 0.3) is 0 Å². The van der Waals surface area contributed by atoms with Gasteiger partial charge >= 0.3 is 12.2 Å². The highest BCUT2D eigenvalue weighted by Crippen LogP contribution is 2.11. The monoisotopic (exact) mass is 329 g/mol. The second-order valence-corrected chi connectivity index (χ2v) is 6.48. The van der Waals surface area contributed by atoms with Crippen LogP contribution in [0.15, 0.2) is 0 Å². The summed E-state index contributed by atoms with van der Waals surface area (Å²) in [5, 5.41) is 5.45. The first-order valence-electron chi connectivity index (χ1n) is 7.80. The highest BCUT2D eigenvalue weighted by molar-refractivity contribution is 5.77. The Morgan fingerprint density at radius 2 is 1.78 bits per heavy atom. The number of rotatable bonds is 4. The Hall–Kier alpha value is -1.99. The molecule has 0 bridgehead atoms. The van der Waals surface area contributed by atoms with E-state index < -0.39 is 11.7 Å². The van der Waals surface area contributed by atoms with Gasteiger partial charge in [0.05, 0.1) is 7.11 Å². The number of ether oxygens (including phenoxy) is 2. The number of methoxy groups -OCH3 is 1. The quantitative estimate of drug-likeness (QED) is 0.809. The van der Waals surface area contributed by atoms with E-state index in [9.17, 15) is 14.4 Å². The maximum Gasteiger partial charge on any atom is 0.409 e. The molecule has 0 unspecified atom stereocenters. The van der Waals surface area contributed by atoms with Crippen LogP contribution >= 0.6 is 0 Å². The van der Waals surface area contributed by atoms with Crippen molar-refractivity contribution in [2.24, 2.45) is 0 Å². The van der Waals surface area contributed by atoms with Crippen LogP contribution in [-0.4, -0.2) is 61.4 Å². The van der Waals surface area contributed by atoms with Crippen molar-refractivity contribution in [3.63, 3.8) is 0 Å². The summed E-state index contributed by atoms with van der Waals surface area (Å²) >= 11 is 0. The molecule has 0 atom stereocenters. The van der Waals surface area contributed by atoms with Crippen LogP contribution in [0.1, 0.15) is 40.0 Å². The van der Waals surface area contributed by atoms with Gasteiger partial charge in [-0.3, -0.25) is 4.79 Å². The molecule has 1 rings (SSSR count). The van der Waals surface area contributed by atoms with Gasteiger partial charge in [-0.05, 0) is 33.6 Å². The molecule has 0 aromatic heterocycles. The molecule has 8 nitrogen and oxygen atoms in total. The average Bonchev–Trinajstić information content (AvgIpc) is 2.45. The van der Waals surface area contributed by atoms with Gasteiger partial charge in [-0.1, -0.05) is 0 Å². The van der Waals surface area contributed by atoms with Crippen molar-refractivity contribution in [3.8, 4) is 0 Å². The van der Waals surface area contributed by atoms with Crippen molar-refractivity contribution in [3.05, 3.63) is 0 Å². The fraction of sp³-hybridized carbons (Fsp3) is 0.800. The lowest BCUT2D eigenvalue weighted by Crippen LogP contribution is -2.47. The molecule has 1 aliphatic heterocycles. The molecular weight excluding hydrogens is 302 g/mol. The topological polar surface area (TPSA) is 97.0 Å². The molecule has 0 spiro atoms. The SMILES string of the molecule is COC(=O)N1CCC(NC(=O)CCNC(=O)OC(C)(C)C)CC1. The summed E-state index contributed by atoms with van der Waals surface area (Å²) in [7, 11) is 1.36. The lowest BCUT2D eigenvalue weighted by molar-refractivity contribution is -0.121. The Morgan fingerprint density at radius 3 is 2.30 bits per heavy atom. The zero-order chi connectivity index (χ0) is 17.5. The van der Waals surface area contributed by atoms with Gasteiger partial charge in [0.15, 0.2) is 0 Å². The minimum Gasteiger partial charge on any atom is -0.453 e. The molecular formula is C15H27N3O5. The lowest BCUT2D eigenvalue weighted by Gasteiger charge is -2.31. The molecule has 1 saturated heterocycles. The summed E-state index contributed by atoms with van der Waals surface area (Å²) < 4.78 is 9.75. The molecule has 1 fully saturated rings. The molecule has 1 aliphatic rings. The zero-order valence-corrected chi connectivity index (χ0v) is 14.3. The minimum atomic E-state index is -0.556. The van der Waals surface area contributed by atoms with E-state index in [1.807, 2.05) is 0 Å². The first kappa shape index (κ1) is 19.1. The number of likely N-dealkylation sites (tertiary alicyclic amines) is 1. The van der Waals surface area contributed by atoms with Crippen LogP contribution in [0.3, 0.4) is 0 Å². The number of nitrogens with zero attached hydrogens (tertiary/aromatic N) is 1. The predicted octanol–water partition coefficient (Wildman–Crippen LogP) is 1.25. The van der Waals surface area contributed by atoms with E-state index in [0.29, 0.717) is 25.9 Å². The second-order valence-electron chi connectivity index (χ2n) is 6.48. The first-order chi connectivity index (χ1) is 10.7. The van der Waals surface area contributed by atoms with E-state index in [0.717, 1.165) is 0 Å². The van der Waals surface area contributed by atoms with Crippen LogP contribution in [0.25, 0.3) is 0 Å².